The summed E-state index contributed by atoms with van der Waals surface area (Å²) in [6.07, 6.45) is 0. The number of hydrogen-bond acceptors (Lipinski definition) is 6. The molecule has 0 aliphatic heterocycles. The molecule has 0 aliphatic carbocycles. The van der Waals surface area contributed by atoms with E-state index in [0.29, 0.717) is 22.5 Å². The normalized spacial score (nSPS) is 10.5. The standard InChI is InChI=1S/C38H32N2O6/c1-23-5-15-31(21-25(23)3)39-35(41)27-11-17-33(18-12-27)45-37(43)29-7-9-30(10-8-29)38(44)46-34-19-13-28(14-20-34)36(42)40-32-16-6-24(2)26(4)22-32/h5-22H,1-4H3,(H,39,41)(H,40,42). The Morgan fingerprint density at radius 3 is 1.07 bits per heavy atom. The van der Waals surface area contributed by atoms with Crippen LogP contribution in [-0.4, -0.2) is 23.8 Å². The van der Waals surface area contributed by atoms with Gasteiger partial charge in [-0.1, -0.05) is 12.1 Å². The molecule has 0 heterocycles. The molecule has 2 amide bonds. The number of rotatable bonds is 8. The van der Waals surface area contributed by atoms with E-state index >= 15 is 0 Å². The molecular weight excluding hydrogens is 580 g/mol. The van der Waals surface area contributed by atoms with Crippen molar-refractivity contribution < 1.29 is 28.7 Å². The van der Waals surface area contributed by atoms with Gasteiger partial charge < -0.3 is 20.1 Å². The lowest BCUT2D eigenvalue weighted by atomic mass is 10.1. The summed E-state index contributed by atoms with van der Waals surface area (Å²) in [7, 11) is 0. The van der Waals surface area contributed by atoms with E-state index in [9.17, 15) is 19.2 Å². The van der Waals surface area contributed by atoms with E-state index in [2.05, 4.69) is 10.6 Å². The van der Waals surface area contributed by atoms with Crippen LogP contribution in [0.15, 0.2) is 109 Å². The Labute approximate surface area is 267 Å². The van der Waals surface area contributed by atoms with Crippen molar-refractivity contribution in [3.05, 3.63) is 154 Å². The van der Waals surface area contributed by atoms with Gasteiger partial charge in [-0.2, -0.15) is 0 Å². The number of carbonyl (C=O) groups excluding carboxylic acids is 4. The van der Waals surface area contributed by atoms with Crippen LogP contribution in [0.4, 0.5) is 11.4 Å². The molecule has 8 heteroatoms. The summed E-state index contributed by atoms with van der Waals surface area (Å²) < 4.78 is 10.9. The van der Waals surface area contributed by atoms with Crippen molar-refractivity contribution in [3.8, 4) is 11.5 Å². The van der Waals surface area contributed by atoms with Crippen molar-refractivity contribution in [1.82, 2.24) is 0 Å². The lowest BCUT2D eigenvalue weighted by molar-refractivity contribution is 0.0720. The number of nitrogens with one attached hydrogen (secondary N) is 2. The van der Waals surface area contributed by atoms with Crippen LogP contribution in [0.25, 0.3) is 0 Å². The van der Waals surface area contributed by atoms with Crippen molar-refractivity contribution in [3.63, 3.8) is 0 Å². The van der Waals surface area contributed by atoms with Gasteiger partial charge in [0, 0.05) is 22.5 Å². The second-order valence-electron chi connectivity index (χ2n) is 10.9. The Kier molecular flexibility index (Phi) is 9.38. The van der Waals surface area contributed by atoms with Gasteiger partial charge in [-0.25, -0.2) is 9.59 Å². The zero-order valence-electron chi connectivity index (χ0n) is 25.8. The molecule has 5 aromatic rings. The molecule has 0 spiro atoms. The number of carbonyl (C=O) groups is 4. The van der Waals surface area contributed by atoms with Gasteiger partial charge in [-0.05, 0) is 147 Å². The third-order valence-corrected chi connectivity index (χ3v) is 7.54. The highest BCUT2D eigenvalue weighted by atomic mass is 16.5. The Balaban J connectivity index is 1.13. The van der Waals surface area contributed by atoms with Crippen LogP contribution in [0.1, 0.15) is 63.7 Å². The van der Waals surface area contributed by atoms with Crippen molar-refractivity contribution >= 4 is 35.1 Å². The summed E-state index contributed by atoms with van der Waals surface area (Å²) in [4.78, 5) is 50.6. The highest BCUT2D eigenvalue weighted by molar-refractivity contribution is 6.05. The van der Waals surface area contributed by atoms with E-state index < -0.39 is 11.9 Å². The van der Waals surface area contributed by atoms with Crippen molar-refractivity contribution in [2.75, 3.05) is 10.6 Å². The SMILES string of the molecule is Cc1ccc(NC(=O)c2ccc(OC(=O)c3ccc(C(=O)Oc4ccc(C(=O)Nc5ccc(C)c(C)c5)cc4)cc3)cc2)cc1C. The summed E-state index contributed by atoms with van der Waals surface area (Å²) in [6.45, 7) is 7.96. The number of ether oxygens (including phenoxy) is 2. The predicted octanol–water partition coefficient (Wildman–Crippen LogP) is 7.86. The zero-order valence-corrected chi connectivity index (χ0v) is 25.8. The highest BCUT2D eigenvalue weighted by Crippen LogP contribution is 2.20. The number of benzene rings is 5. The van der Waals surface area contributed by atoms with Gasteiger partial charge in [0.15, 0.2) is 0 Å². The molecule has 0 unspecified atom stereocenters. The summed E-state index contributed by atoms with van der Waals surface area (Å²) in [6, 6.07) is 29.7. The Bertz CT molecular complexity index is 1790. The molecule has 0 fully saturated rings. The Morgan fingerprint density at radius 1 is 0.413 bits per heavy atom. The molecular formula is C38H32N2O6. The zero-order chi connectivity index (χ0) is 32.8. The third kappa shape index (κ3) is 7.73. The summed E-state index contributed by atoms with van der Waals surface area (Å²) in [5.41, 5.74) is 7.10. The van der Waals surface area contributed by atoms with E-state index in [1.54, 1.807) is 24.3 Å². The van der Waals surface area contributed by atoms with Gasteiger partial charge in [0.2, 0.25) is 0 Å². The highest BCUT2D eigenvalue weighted by Gasteiger charge is 2.14. The van der Waals surface area contributed by atoms with Gasteiger partial charge in [-0.3, -0.25) is 9.59 Å². The van der Waals surface area contributed by atoms with Crippen LogP contribution in [0.2, 0.25) is 0 Å². The quantitative estimate of drug-likeness (QED) is 0.136. The molecule has 2 N–H and O–H groups in total. The van der Waals surface area contributed by atoms with E-state index in [1.807, 2.05) is 64.1 Å². The monoisotopic (exact) mass is 612 g/mol. The lowest BCUT2D eigenvalue weighted by Crippen LogP contribution is -2.13. The van der Waals surface area contributed by atoms with Crippen LogP contribution in [0, 0.1) is 27.7 Å². The second-order valence-corrected chi connectivity index (χ2v) is 10.9. The van der Waals surface area contributed by atoms with Crippen molar-refractivity contribution in [1.29, 1.82) is 0 Å². The first-order valence-electron chi connectivity index (χ1n) is 14.6. The van der Waals surface area contributed by atoms with Gasteiger partial charge in [-0.15, -0.1) is 0 Å². The molecule has 8 nitrogen and oxygen atoms in total. The number of aryl methyl sites for hydroxylation is 4. The first-order valence-corrected chi connectivity index (χ1v) is 14.6. The number of esters is 2. The molecule has 0 bridgehead atoms. The second kappa shape index (κ2) is 13.7. The van der Waals surface area contributed by atoms with Crippen LogP contribution >= 0.6 is 0 Å². The predicted molar refractivity (Wildman–Crippen MR) is 177 cm³/mol. The van der Waals surface area contributed by atoms with E-state index in [0.717, 1.165) is 22.3 Å². The van der Waals surface area contributed by atoms with Gasteiger partial charge in [0.25, 0.3) is 11.8 Å². The van der Waals surface area contributed by atoms with E-state index in [-0.39, 0.29) is 34.4 Å². The summed E-state index contributed by atoms with van der Waals surface area (Å²) in [5.74, 6) is -1.27. The minimum atomic E-state index is -0.623. The average molecular weight is 613 g/mol. The molecule has 46 heavy (non-hydrogen) atoms. The molecule has 5 aromatic carbocycles. The molecule has 0 saturated heterocycles. The van der Waals surface area contributed by atoms with Crippen LogP contribution in [-0.2, 0) is 0 Å². The summed E-state index contributed by atoms with van der Waals surface area (Å²) in [5, 5.41) is 5.72. The minimum absolute atomic E-state index is 0.229. The number of hydrogen-bond donors (Lipinski definition) is 2. The maximum absolute atomic E-state index is 12.7. The van der Waals surface area contributed by atoms with Gasteiger partial charge in [0.05, 0.1) is 11.1 Å². The Hall–Kier alpha value is -6.02. The molecule has 0 atom stereocenters. The molecule has 230 valence electrons. The first kappa shape index (κ1) is 31.4. The van der Waals surface area contributed by atoms with Crippen molar-refractivity contribution in [2.45, 2.75) is 27.7 Å². The number of anilines is 2. The Morgan fingerprint density at radius 2 is 0.739 bits per heavy atom. The fourth-order valence-corrected chi connectivity index (χ4v) is 4.47. The van der Waals surface area contributed by atoms with Gasteiger partial charge >= 0.3 is 11.9 Å². The van der Waals surface area contributed by atoms with Crippen LogP contribution in [0.3, 0.4) is 0 Å². The molecule has 0 saturated carbocycles. The maximum Gasteiger partial charge on any atom is 0.343 e. The van der Waals surface area contributed by atoms with E-state index in [1.165, 1.54) is 48.5 Å². The first-order chi connectivity index (χ1) is 22.0. The lowest BCUT2D eigenvalue weighted by Gasteiger charge is -2.09. The smallest absolute Gasteiger partial charge is 0.343 e. The number of amides is 2. The summed E-state index contributed by atoms with van der Waals surface area (Å²) >= 11 is 0. The molecule has 0 radical (unpaired) electrons. The van der Waals surface area contributed by atoms with E-state index in [4.69, 9.17) is 9.47 Å². The van der Waals surface area contributed by atoms with Crippen LogP contribution in [0.5, 0.6) is 11.5 Å². The maximum atomic E-state index is 12.7. The fraction of sp³-hybridized carbons (Fsp3) is 0.105. The van der Waals surface area contributed by atoms with Crippen LogP contribution < -0.4 is 20.1 Å². The topological polar surface area (TPSA) is 111 Å². The third-order valence-electron chi connectivity index (χ3n) is 7.54. The molecule has 0 aliphatic rings. The molecule has 0 aromatic heterocycles. The minimum Gasteiger partial charge on any atom is -0.423 e. The van der Waals surface area contributed by atoms with Crippen molar-refractivity contribution in [2.24, 2.45) is 0 Å². The van der Waals surface area contributed by atoms with Gasteiger partial charge in [0.1, 0.15) is 11.5 Å². The molecule has 5 rings (SSSR count). The largest absolute Gasteiger partial charge is 0.423 e. The average Bonchev–Trinajstić information content (AvgIpc) is 3.05. The fourth-order valence-electron chi connectivity index (χ4n) is 4.47.